The fraction of sp³-hybridized carbons (Fsp3) is 0.267. The highest BCUT2D eigenvalue weighted by Gasteiger charge is 2.47. The molecule has 3 aromatic carbocycles. The number of anilines is 1. The van der Waals surface area contributed by atoms with Crippen LogP contribution in [0.1, 0.15) is 44.4 Å². The van der Waals surface area contributed by atoms with Crippen molar-refractivity contribution in [2.75, 3.05) is 24.7 Å². The Bertz CT molecular complexity index is 1300. The van der Waals surface area contributed by atoms with Crippen molar-refractivity contribution in [1.82, 2.24) is 0 Å². The zero-order valence-corrected chi connectivity index (χ0v) is 21.3. The molecule has 3 aromatic rings. The van der Waals surface area contributed by atoms with Gasteiger partial charge in [0.15, 0.2) is 0 Å². The number of rotatable bonds is 10. The maximum Gasteiger partial charge on any atom is 0.300 e. The van der Waals surface area contributed by atoms with Crippen LogP contribution in [0.3, 0.4) is 0 Å². The van der Waals surface area contributed by atoms with Gasteiger partial charge in [0, 0.05) is 17.3 Å². The molecule has 0 spiro atoms. The van der Waals surface area contributed by atoms with Gasteiger partial charge in [-0.15, -0.1) is 0 Å². The van der Waals surface area contributed by atoms with Crippen LogP contribution in [0.5, 0.6) is 17.2 Å². The summed E-state index contributed by atoms with van der Waals surface area (Å²) < 4.78 is 16.9. The topological polar surface area (TPSA) is 85.3 Å². The zero-order valence-electron chi connectivity index (χ0n) is 21.3. The number of amides is 1. The number of hydrogen-bond acceptors (Lipinski definition) is 6. The molecule has 0 aliphatic carbocycles. The van der Waals surface area contributed by atoms with E-state index in [9.17, 15) is 14.7 Å². The summed E-state index contributed by atoms with van der Waals surface area (Å²) in [6.07, 6.45) is 0.833. The van der Waals surface area contributed by atoms with Gasteiger partial charge >= 0.3 is 0 Å². The van der Waals surface area contributed by atoms with E-state index in [1.807, 2.05) is 20.8 Å². The first-order chi connectivity index (χ1) is 18.0. The molecule has 0 bridgehead atoms. The number of benzene rings is 3. The molecule has 0 aromatic heterocycles. The molecule has 1 saturated heterocycles. The summed E-state index contributed by atoms with van der Waals surface area (Å²) in [5, 5.41) is 11.4. The van der Waals surface area contributed by atoms with Crippen molar-refractivity contribution in [1.29, 1.82) is 0 Å². The van der Waals surface area contributed by atoms with E-state index in [2.05, 4.69) is 0 Å². The summed E-state index contributed by atoms with van der Waals surface area (Å²) in [4.78, 5) is 28.3. The second-order valence-corrected chi connectivity index (χ2v) is 8.48. The van der Waals surface area contributed by atoms with Crippen LogP contribution < -0.4 is 19.1 Å². The van der Waals surface area contributed by atoms with Crippen LogP contribution in [-0.2, 0) is 9.59 Å². The molecule has 0 saturated carbocycles. The van der Waals surface area contributed by atoms with Crippen LogP contribution in [0, 0.1) is 0 Å². The number of carbonyl (C=O) groups is 2. The Morgan fingerprint density at radius 1 is 0.811 bits per heavy atom. The average Bonchev–Trinajstić information content (AvgIpc) is 3.18. The third kappa shape index (κ3) is 5.45. The quantitative estimate of drug-likeness (QED) is 0.212. The minimum atomic E-state index is -0.854. The summed E-state index contributed by atoms with van der Waals surface area (Å²) in [6, 6.07) is 20.2. The van der Waals surface area contributed by atoms with E-state index in [-0.39, 0.29) is 11.3 Å². The Morgan fingerprint density at radius 3 is 2.14 bits per heavy atom. The highest BCUT2D eigenvalue weighted by Crippen LogP contribution is 2.43. The van der Waals surface area contributed by atoms with Crippen molar-refractivity contribution in [2.24, 2.45) is 0 Å². The van der Waals surface area contributed by atoms with Crippen LogP contribution in [0.15, 0.2) is 78.4 Å². The van der Waals surface area contributed by atoms with Gasteiger partial charge in [-0.25, -0.2) is 0 Å². The Morgan fingerprint density at radius 2 is 1.46 bits per heavy atom. The van der Waals surface area contributed by atoms with Gasteiger partial charge in [0.1, 0.15) is 23.0 Å². The molecule has 1 atom stereocenters. The van der Waals surface area contributed by atoms with E-state index in [0.717, 1.165) is 6.42 Å². The first kappa shape index (κ1) is 25.8. The number of hydrogen-bond donors (Lipinski definition) is 1. The van der Waals surface area contributed by atoms with Gasteiger partial charge < -0.3 is 19.3 Å². The van der Waals surface area contributed by atoms with Crippen LogP contribution >= 0.6 is 0 Å². The summed E-state index contributed by atoms with van der Waals surface area (Å²) >= 11 is 0. The number of ether oxygens (including phenoxy) is 3. The zero-order chi connectivity index (χ0) is 26.4. The number of aliphatic hydroxyl groups excluding tert-OH is 1. The molecule has 1 aliphatic heterocycles. The smallest absolute Gasteiger partial charge is 0.300 e. The van der Waals surface area contributed by atoms with Crippen LogP contribution in [0.25, 0.3) is 5.76 Å². The molecular weight excluding hydrogens is 470 g/mol. The summed E-state index contributed by atoms with van der Waals surface area (Å²) in [6.45, 7) is 7.27. The summed E-state index contributed by atoms with van der Waals surface area (Å²) in [5.74, 6) is 0.0609. The average molecular weight is 502 g/mol. The SMILES string of the molecule is CCCOc1cccc(/C(O)=C2\C(=O)C(=O)N(c3cccc(OCC)c3)C2c2ccc(OCC)cc2)c1. The molecule has 7 heteroatoms. The number of carbonyl (C=O) groups excluding carboxylic acids is 2. The lowest BCUT2D eigenvalue weighted by Crippen LogP contribution is -2.29. The maximum atomic E-state index is 13.4. The van der Waals surface area contributed by atoms with E-state index in [1.54, 1.807) is 72.8 Å². The summed E-state index contributed by atoms with van der Waals surface area (Å²) in [7, 11) is 0. The molecule has 1 unspecified atom stereocenters. The third-order valence-electron chi connectivity index (χ3n) is 5.94. The Balaban J connectivity index is 1.86. The standard InChI is InChI=1S/C30H31NO6/c1-4-17-37-24-11-7-9-21(18-24)28(32)26-27(20-13-15-23(16-14-20)35-5-2)31(30(34)29(26)33)22-10-8-12-25(19-22)36-6-3/h7-16,18-19,27,32H,4-6,17H2,1-3H3/b28-26+. The van der Waals surface area contributed by atoms with Crippen molar-refractivity contribution in [2.45, 2.75) is 33.2 Å². The Kier molecular flexibility index (Phi) is 8.13. The van der Waals surface area contributed by atoms with Gasteiger partial charge in [-0.3, -0.25) is 14.5 Å². The van der Waals surface area contributed by atoms with Crippen LogP contribution in [0.2, 0.25) is 0 Å². The predicted octanol–water partition coefficient (Wildman–Crippen LogP) is 5.90. The monoisotopic (exact) mass is 501 g/mol. The van der Waals surface area contributed by atoms with Crippen LogP contribution in [0.4, 0.5) is 5.69 Å². The lowest BCUT2D eigenvalue weighted by molar-refractivity contribution is -0.132. The van der Waals surface area contributed by atoms with Gasteiger partial charge in [0.2, 0.25) is 0 Å². The van der Waals surface area contributed by atoms with E-state index in [0.29, 0.717) is 53.9 Å². The molecule has 1 fully saturated rings. The van der Waals surface area contributed by atoms with Crippen molar-refractivity contribution in [3.8, 4) is 17.2 Å². The molecule has 0 radical (unpaired) electrons. The molecule has 7 nitrogen and oxygen atoms in total. The predicted molar refractivity (Wildman–Crippen MR) is 142 cm³/mol. The fourth-order valence-corrected chi connectivity index (χ4v) is 4.33. The van der Waals surface area contributed by atoms with Crippen molar-refractivity contribution >= 4 is 23.1 Å². The fourth-order valence-electron chi connectivity index (χ4n) is 4.33. The van der Waals surface area contributed by atoms with Gasteiger partial charge in [-0.2, -0.15) is 0 Å². The van der Waals surface area contributed by atoms with Crippen LogP contribution in [-0.4, -0.2) is 36.6 Å². The maximum absolute atomic E-state index is 13.4. The molecule has 1 N–H and O–H groups in total. The molecular formula is C30H31NO6. The molecule has 37 heavy (non-hydrogen) atoms. The molecule has 1 amide bonds. The Labute approximate surface area is 216 Å². The van der Waals surface area contributed by atoms with E-state index >= 15 is 0 Å². The normalized spacial score (nSPS) is 16.6. The van der Waals surface area contributed by atoms with Crippen molar-refractivity contribution in [3.05, 3.63) is 89.5 Å². The molecule has 1 aliphatic rings. The highest BCUT2D eigenvalue weighted by molar-refractivity contribution is 6.51. The largest absolute Gasteiger partial charge is 0.507 e. The highest BCUT2D eigenvalue weighted by atomic mass is 16.5. The van der Waals surface area contributed by atoms with Crippen molar-refractivity contribution in [3.63, 3.8) is 0 Å². The number of nitrogens with zero attached hydrogens (tertiary/aromatic N) is 1. The number of ketones is 1. The van der Waals surface area contributed by atoms with Gasteiger partial charge in [0.05, 0.1) is 31.4 Å². The third-order valence-corrected chi connectivity index (χ3v) is 5.94. The number of Topliss-reactive ketones (excluding diaryl/α,β-unsaturated/α-hetero) is 1. The second-order valence-electron chi connectivity index (χ2n) is 8.48. The van der Waals surface area contributed by atoms with E-state index < -0.39 is 17.7 Å². The lowest BCUT2D eigenvalue weighted by Gasteiger charge is -2.26. The minimum Gasteiger partial charge on any atom is -0.507 e. The molecule has 1 heterocycles. The lowest BCUT2D eigenvalue weighted by atomic mass is 9.95. The minimum absolute atomic E-state index is 0.00335. The van der Waals surface area contributed by atoms with Crippen molar-refractivity contribution < 1.29 is 28.9 Å². The molecule has 4 rings (SSSR count). The van der Waals surface area contributed by atoms with Gasteiger partial charge in [0.25, 0.3) is 11.7 Å². The Hall–Kier alpha value is -4.26. The number of aliphatic hydroxyl groups is 1. The first-order valence-electron chi connectivity index (χ1n) is 12.5. The molecule has 192 valence electrons. The summed E-state index contributed by atoms with van der Waals surface area (Å²) in [5.41, 5.74) is 1.55. The first-order valence-corrected chi connectivity index (χ1v) is 12.5. The van der Waals surface area contributed by atoms with E-state index in [1.165, 1.54) is 4.90 Å². The second kappa shape index (κ2) is 11.6. The van der Waals surface area contributed by atoms with Gasteiger partial charge in [-0.05, 0) is 62.2 Å². The van der Waals surface area contributed by atoms with E-state index in [4.69, 9.17) is 14.2 Å². The van der Waals surface area contributed by atoms with Gasteiger partial charge in [-0.1, -0.05) is 37.3 Å².